The highest BCUT2D eigenvalue weighted by Crippen LogP contribution is 2.24. The van der Waals surface area contributed by atoms with Crippen molar-refractivity contribution < 1.29 is 0 Å². The summed E-state index contributed by atoms with van der Waals surface area (Å²) >= 11 is 0. The Bertz CT molecular complexity index is 636. The van der Waals surface area contributed by atoms with E-state index in [-0.39, 0.29) is 5.92 Å². The van der Waals surface area contributed by atoms with Gasteiger partial charge in [-0.15, -0.1) is 0 Å². The van der Waals surface area contributed by atoms with E-state index in [2.05, 4.69) is 53.9 Å². The molecule has 2 unspecified atom stereocenters. The van der Waals surface area contributed by atoms with Crippen molar-refractivity contribution >= 4 is 10.8 Å². The smallest absolute Gasteiger partial charge is 0.0672 e. The highest BCUT2D eigenvalue weighted by Gasteiger charge is 2.22. The van der Waals surface area contributed by atoms with Gasteiger partial charge in [0.05, 0.1) is 12.0 Å². The zero-order chi connectivity index (χ0) is 14.5. The topological polar surface area (TPSA) is 35.8 Å². The lowest BCUT2D eigenvalue weighted by Crippen LogP contribution is -2.34. The zero-order valence-corrected chi connectivity index (χ0v) is 12.4. The maximum atomic E-state index is 9.37. The second-order valence-corrected chi connectivity index (χ2v) is 6.00. The van der Waals surface area contributed by atoms with Crippen molar-refractivity contribution in [1.29, 1.82) is 5.26 Å². The molecule has 0 heterocycles. The lowest BCUT2D eigenvalue weighted by molar-refractivity contribution is 0.394. The molecule has 0 saturated heterocycles. The Morgan fingerprint density at radius 1 is 1.00 bits per heavy atom. The van der Waals surface area contributed by atoms with Gasteiger partial charge >= 0.3 is 0 Å². The molecule has 2 heteroatoms. The molecular formula is C19H22N2. The third-order valence-corrected chi connectivity index (χ3v) is 4.62. The summed E-state index contributed by atoms with van der Waals surface area (Å²) in [5.41, 5.74) is 1.33. The Labute approximate surface area is 126 Å². The summed E-state index contributed by atoms with van der Waals surface area (Å²) in [6.07, 6.45) is 5.88. The molecule has 21 heavy (non-hydrogen) atoms. The first kappa shape index (κ1) is 14.1. The number of nitrogens with zero attached hydrogens (tertiary/aromatic N) is 1. The van der Waals surface area contributed by atoms with Gasteiger partial charge in [0, 0.05) is 12.6 Å². The van der Waals surface area contributed by atoms with Gasteiger partial charge in [-0.3, -0.25) is 0 Å². The number of benzene rings is 2. The van der Waals surface area contributed by atoms with Crippen LogP contribution in [-0.2, 0) is 6.54 Å². The van der Waals surface area contributed by atoms with Crippen molar-refractivity contribution in [2.45, 2.75) is 44.7 Å². The third kappa shape index (κ3) is 3.25. The monoisotopic (exact) mass is 278 g/mol. The Hall–Kier alpha value is -1.85. The molecule has 1 N–H and O–H groups in total. The number of fused-ring (bicyclic) bond motifs is 1. The normalized spacial score (nSPS) is 22.6. The molecule has 1 aliphatic carbocycles. The Morgan fingerprint density at radius 3 is 2.71 bits per heavy atom. The van der Waals surface area contributed by atoms with Crippen molar-refractivity contribution in [1.82, 2.24) is 5.32 Å². The molecule has 1 saturated carbocycles. The van der Waals surface area contributed by atoms with Gasteiger partial charge in [0.1, 0.15) is 0 Å². The molecule has 2 aromatic carbocycles. The van der Waals surface area contributed by atoms with E-state index in [0.29, 0.717) is 6.04 Å². The van der Waals surface area contributed by atoms with E-state index in [9.17, 15) is 5.26 Å². The zero-order valence-electron chi connectivity index (χ0n) is 12.4. The van der Waals surface area contributed by atoms with Crippen molar-refractivity contribution in [3.8, 4) is 6.07 Å². The summed E-state index contributed by atoms with van der Waals surface area (Å²) in [5, 5.41) is 15.6. The van der Waals surface area contributed by atoms with Gasteiger partial charge in [-0.2, -0.15) is 5.26 Å². The van der Waals surface area contributed by atoms with E-state index in [1.54, 1.807) is 0 Å². The van der Waals surface area contributed by atoms with Gasteiger partial charge in [-0.1, -0.05) is 61.7 Å². The SMILES string of the molecule is N#CC1CCCCCC1NCc1cccc2ccccc12. The molecule has 0 aromatic heterocycles. The summed E-state index contributed by atoms with van der Waals surface area (Å²) in [6, 6.07) is 17.8. The largest absolute Gasteiger partial charge is 0.309 e. The highest BCUT2D eigenvalue weighted by molar-refractivity contribution is 5.85. The summed E-state index contributed by atoms with van der Waals surface area (Å²) in [4.78, 5) is 0. The van der Waals surface area contributed by atoms with E-state index in [4.69, 9.17) is 0 Å². The fourth-order valence-corrected chi connectivity index (χ4v) is 3.39. The Balaban J connectivity index is 1.75. The quantitative estimate of drug-likeness (QED) is 0.845. The van der Waals surface area contributed by atoms with E-state index < -0.39 is 0 Å². The minimum atomic E-state index is 0.169. The second kappa shape index (κ2) is 6.74. The number of hydrogen-bond donors (Lipinski definition) is 1. The molecule has 3 rings (SSSR count). The number of hydrogen-bond acceptors (Lipinski definition) is 2. The van der Waals surface area contributed by atoms with E-state index >= 15 is 0 Å². The predicted molar refractivity (Wildman–Crippen MR) is 86.8 cm³/mol. The molecule has 0 aliphatic heterocycles. The summed E-state index contributed by atoms with van der Waals surface area (Å²) in [5.74, 6) is 0.169. The van der Waals surface area contributed by atoms with Gasteiger partial charge in [-0.05, 0) is 29.2 Å². The predicted octanol–water partition coefficient (Wildman–Crippen LogP) is 4.40. The van der Waals surface area contributed by atoms with Crippen LogP contribution in [0.25, 0.3) is 10.8 Å². The average Bonchev–Trinajstić information content (AvgIpc) is 2.77. The first-order chi connectivity index (χ1) is 10.4. The van der Waals surface area contributed by atoms with Crippen LogP contribution < -0.4 is 5.32 Å². The molecule has 0 amide bonds. The van der Waals surface area contributed by atoms with Crippen molar-refractivity contribution in [2.24, 2.45) is 5.92 Å². The Kier molecular flexibility index (Phi) is 4.52. The van der Waals surface area contributed by atoms with Gasteiger partial charge in [0.2, 0.25) is 0 Å². The first-order valence-corrected chi connectivity index (χ1v) is 7.98. The maximum Gasteiger partial charge on any atom is 0.0672 e. The third-order valence-electron chi connectivity index (χ3n) is 4.62. The van der Waals surface area contributed by atoms with E-state index in [1.165, 1.54) is 35.6 Å². The molecule has 0 radical (unpaired) electrons. The Morgan fingerprint density at radius 2 is 1.81 bits per heavy atom. The molecule has 1 fully saturated rings. The van der Waals surface area contributed by atoms with Gasteiger partial charge in [0.25, 0.3) is 0 Å². The summed E-state index contributed by atoms with van der Waals surface area (Å²) in [7, 11) is 0. The van der Waals surface area contributed by atoms with Crippen molar-refractivity contribution in [3.05, 3.63) is 48.0 Å². The molecule has 1 aliphatic rings. The van der Waals surface area contributed by atoms with Crippen LogP contribution in [0.5, 0.6) is 0 Å². The van der Waals surface area contributed by atoms with Crippen LogP contribution in [0.4, 0.5) is 0 Å². The van der Waals surface area contributed by atoms with Crippen LogP contribution in [0.1, 0.15) is 37.7 Å². The lowest BCUT2D eigenvalue weighted by Gasteiger charge is -2.21. The standard InChI is InChI=1S/C19H22N2/c20-13-16-8-2-1-3-12-19(16)21-14-17-10-6-9-15-7-4-5-11-18(15)17/h4-7,9-11,16,19,21H,1-3,8,12,14H2. The minimum Gasteiger partial charge on any atom is -0.309 e. The lowest BCUT2D eigenvalue weighted by atomic mass is 9.95. The molecule has 0 spiro atoms. The fraction of sp³-hybridized carbons (Fsp3) is 0.421. The second-order valence-electron chi connectivity index (χ2n) is 6.00. The summed E-state index contributed by atoms with van der Waals surface area (Å²) < 4.78 is 0. The number of rotatable bonds is 3. The molecule has 2 nitrogen and oxygen atoms in total. The van der Waals surface area contributed by atoms with Crippen LogP contribution in [0.15, 0.2) is 42.5 Å². The maximum absolute atomic E-state index is 9.37. The molecular weight excluding hydrogens is 256 g/mol. The number of nitrogens with one attached hydrogen (secondary N) is 1. The molecule has 2 atom stereocenters. The van der Waals surface area contributed by atoms with Gasteiger partial charge in [0.15, 0.2) is 0 Å². The van der Waals surface area contributed by atoms with Crippen molar-refractivity contribution in [2.75, 3.05) is 0 Å². The highest BCUT2D eigenvalue weighted by atomic mass is 14.9. The molecule has 0 bridgehead atoms. The average molecular weight is 278 g/mol. The minimum absolute atomic E-state index is 0.169. The van der Waals surface area contributed by atoms with Gasteiger partial charge < -0.3 is 5.32 Å². The molecule has 2 aromatic rings. The fourth-order valence-electron chi connectivity index (χ4n) is 3.39. The van der Waals surface area contributed by atoms with Gasteiger partial charge in [-0.25, -0.2) is 0 Å². The van der Waals surface area contributed by atoms with Crippen LogP contribution >= 0.6 is 0 Å². The van der Waals surface area contributed by atoms with Crippen LogP contribution in [0.3, 0.4) is 0 Å². The van der Waals surface area contributed by atoms with Crippen molar-refractivity contribution in [3.63, 3.8) is 0 Å². The van der Waals surface area contributed by atoms with Crippen LogP contribution in [0, 0.1) is 17.2 Å². The number of nitriles is 1. The van der Waals surface area contributed by atoms with Crippen LogP contribution in [-0.4, -0.2) is 6.04 Å². The first-order valence-electron chi connectivity index (χ1n) is 7.98. The van der Waals surface area contributed by atoms with Crippen LogP contribution in [0.2, 0.25) is 0 Å². The summed E-state index contributed by atoms with van der Waals surface area (Å²) in [6.45, 7) is 0.851. The van der Waals surface area contributed by atoms with E-state index in [0.717, 1.165) is 19.4 Å². The van der Waals surface area contributed by atoms with E-state index in [1.807, 2.05) is 0 Å². The molecule has 108 valence electrons.